The van der Waals surface area contributed by atoms with Crippen molar-refractivity contribution in [2.24, 2.45) is 46.8 Å². The molecule has 4 aliphatic carbocycles. The van der Waals surface area contributed by atoms with Crippen molar-refractivity contribution < 1.29 is 62.5 Å². The molecule has 10 atom stereocenters. The van der Waals surface area contributed by atoms with E-state index in [9.17, 15) is 34.4 Å². The van der Waals surface area contributed by atoms with E-state index < -0.39 is 49.6 Å². The van der Waals surface area contributed by atoms with Gasteiger partial charge >= 0.3 is 30.7 Å². The van der Waals surface area contributed by atoms with Crippen LogP contribution in [0.1, 0.15) is 72.1 Å². The van der Waals surface area contributed by atoms with Crippen LogP contribution in [0.3, 0.4) is 0 Å². The molecule has 0 aromatic carbocycles. The third kappa shape index (κ3) is 8.00. The minimum absolute atomic E-state index is 0.0593. The minimum Gasteiger partial charge on any atom is -0.381 e. The average molecular weight is 697 g/mol. The molecule has 0 heterocycles. The van der Waals surface area contributed by atoms with Crippen molar-refractivity contribution in [1.82, 2.24) is 0 Å². The van der Waals surface area contributed by atoms with Crippen molar-refractivity contribution in [2.75, 3.05) is 40.1 Å². The molecule has 0 saturated heterocycles. The van der Waals surface area contributed by atoms with Crippen molar-refractivity contribution in [3.63, 3.8) is 0 Å². The Labute approximate surface area is 263 Å². The van der Waals surface area contributed by atoms with Gasteiger partial charge in [0.2, 0.25) is 0 Å². The molecule has 0 aromatic heterocycles. The number of halogens is 4. The number of alkyl halides is 4. The molecule has 0 amide bonds. The second kappa shape index (κ2) is 13.4. The van der Waals surface area contributed by atoms with Gasteiger partial charge in [-0.25, -0.2) is 0 Å². The first-order valence-corrected chi connectivity index (χ1v) is 18.6. The summed E-state index contributed by atoms with van der Waals surface area (Å²) in [6.07, 6.45) is 5.86. The maximum atomic E-state index is 13.8. The van der Waals surface area contributed by atoms with E-state index in [0.29, 0.717) is 25.9 Å². The monoisotopic (exact) mass is 696 g/mol. The molecule has 4 aliphatic rings. The summed E-state index contributed by atoms with van der Waals surface area (Å²) in [4.78, 5) is 0. The molecule has 0 spiro atoms. The zero-order chi connectivity index (χ0) is 33.6. The molecule has 0 aromatic rings. The van der Waals surface area contributed by atoms with E-state index in [1.165, 1.54) is 0 Å². The highest BCUT2D eigenvalue weighted by Crippen LogP contribution is 2.64. The number of hydrogen-bond donors (Lipinski definition) is 2. The van der Waals surface area contributed by atoms with Gasteiger partial charge in [-0.2, -0.15) is 34.4 Å². The Morgan fingerprint density at radius 3 is 1.96 bits per heavy atom. The predicted molar refractivity (Wildman–Crippen MR) is 155 cm³/mol. The number of hydrogen-bond acceptors (Lipinski definition) is 8. The van der Waals surface area contributed by atoms with Gasteiger partial charge in [-0.3, -0.25) is 9.11 Å². The maximum absolute atomic E-state index is 13.8. The summed E-state index contributed by atoms with van der Waals surface area (Å²) in [5.41, 5.74) is -0.688. The summed E-state index contributed by atoms with van der Waals surface area (Å²) in [7, 11) is -9.47. The van der Waals surface area contributed by atoms with Crippen molar-refractivity contribution in [3.8, 4) is 0 Å². The van der Waals surface area contributed by atoms with E-state index in [0.717, 1.165) is 32.1 Å². The van der Waals surface area contributed by atoms with Crippen LogP contribution < -0.4 is 0 Å². The van der Waals surface area contributed by atoms with E-state index in [2.05, 4.69) is 13.8 Å². The molecule has 16 heteroatoms. The van der Waals surface area contributed by atoms with E-state index in [1.807, 2.05) is 6.92 Å². The highest BCUT2D eigenvalue weighted by Gasteiger charge is 2.60. The van der Waals surface area contributed by atoms with E-state index in [4.69, 9.17) is 28.1 Å². The zero-order valence-electron chi connectivity index (χ0n) is 26.3. The number of fused-ring (bicyclic) bond motifs is 4. The lowest BCUT2D eigenvalue weighted by Crippen LogP contribution is -2.59. The van der Waals surface area contributed by atoms with Gasteiger partial charge in [-0.15, -0.1) is 0 Å². The summed E-state index contributed by atoms with van der Waals surface area (Å²) in [6, 6.07) is 0. The van der Waals surface area contributed by atoms with E-state index >= 15 is 0 Å². The van der Waals surface area contributed by atoms with Gasteiger partial charge in [0.15, 0.2) is 0 Å². The highest BCUT2D eigenvalue weighted by atomic mass is 32.2. The predicted octanol–water partition coefficient (Wildman–Crippen LogP) is 5.29. The molecule has 4 rings (SSSR count). The third-order valence-electron chi connectivity index (χ3n) is 10.9. The summed E-state index contributed by atoms with van der Waals surface area (Å²) in [6.45, 7) is 3.83. The molecule has 45 heavy (non-hydrogen) atoms. The third-order valence-corrected chi connectivity index (χ3v) is 12.6. The van der Waals surface area contributed by atoms with Gasteiger partial charge in [-0.05, 0) is 105 Å². The SMILES string of the molecule is CCOC12CC(COCC(F)(F)S(=O)(=O)O)CC(C1)CC(C)(C1C3CC(COCC(F)(F)S(=O)(=O)O)CC1C(OC)C(C)C3)C2. The Balaban J connectivity index is 1.49. The molecular weight excluding hydrogens is 648 g/mol. The van der Waals surface area contributed by atoms with Crippen LogP contribution in [0.5, 0.6) is 0 Å². The van der Waals surface area contributed by atoms with Crippen molar-refractivity contribution >= 4 is 20.2 Å². The minimum atomic E-state index is -5.58. The number of rotatable bonds is 14. The fraction of sp³-hybridized carbons (Fsp3) is 1.00. The van der Waals surface area contributed by atoms with Crippen LogP contribution in [0.4, 0.5) is 17.6 Å². The average Bonchev–Trinajstić information content (AvgIpc) is 2.86. The zero-order valence-corrected chi connectivity index (χ0v) is 27.9. The van der Waals surface area contributed by atoms with Crippen molar-refractivity contribution in [1.29, 1.82) is 0 Å². The molecule has 264 valence electrons. The van der Waals surface area contributed by atoms with Gasteiger partial charge in [0.05, 0.1) is 11.7 Å². The molecule has 4 bridgehead atoms. The smallest absolute Gasteiger partial charge is 0.381 e. The summed E-state index contributed by atoms with van der Waals surface area (Å²) in [5, 5.41) is -8.77. The standard InChI is InChI=1S/C29H48F4O10S2/c1-5-43-27-11-20(7-21(12-27)14-42-17-29(32,33)45(37,38)39)10-26(3,15-27)24-22-6-18(2)25(40-4)23(24)9-19(8-22)13-41-16-28(30,31)44(34,35)36/h18-25H,5-17H2,1-4H3,(H,34,35,36)(H,37,38,39). The first kappa shape index (κ1) is 37.2. The lowest BCUT2D eigenvalue weighted by molar-refractivity contribution is -0.202. The van der Waals surface area contributed by atoms with E-state index in [1.54, 1.807) is 7.11 Å². The number of ether oxygens (including phenoxy) is 4. The Bertz CT molecular complexity index is 1250. The Morgan fingerprint density at radius 2 is 1.42 bits per heavy atom. The summed E-state index contributed by atoms with van der Waals surface area (Å²) >= 11 is 0. The van der Waals surface area contributed by atoms with Gasteiger partial charge < -0.3 is 18.9 Å². The largest absolute Gasteiger partial charge is 0.392 e. The fourth-order valence-corrected chi connectivity index (χ4v) is 10.5. The molecular formula is C29H48F4O10S2. The van der Waals surface area contributed by atoms with Crippen LogP contribution >= 0.6 is 0 Å². The highest BCUT2D eigenvalue weighted by molar-refractivity contribution is 7.87. The molecule has 10 unspecified atom stereocenters. The van der Waals surface area contributed by atoms with Gasteiger partial charge in [0.1, 0.15) is 13.2 Å². The Morgan fingerprint density at radius 1 is 0.844 bits per heavy atom. The Hall–Kier alpha value is -0.620. The molecule has 10 nitrogen and oxygen atoms in total. The van der Waals surface area contributed by atoms with Crippen molar-refractivity contribution in [3.05, 3.63) is 0 Å². The molecule has 0 aliphatic heterocycles. The lowest BCUT2D eigenvalue weighted by Gasteiger charge is -2.63. The fourth-order valence-electron chi connectivity index (χ4n) is 10.0. The molecule has 0 radical (unpaired) electrons. The van der Waals surface area contributed by atoms with E-state index in [-0.39, 0.29) is 66.2 Å². The molecule has 4 fully saturated rings. The van der Waals surface area contributed by atoms with Gasteiger partial charge in [0, 0.05) is 26.9 Å². The van der Waals surface area contributed by atoms with Crippen LogP contribution in [0.15, 0.2) is 0 Å². The molecule has 4 saturated carbocycles. The number of methoxy groups -OCH3 is 1. The van der Waals surface area contributed by atoms with Crippen molar-refractivity contribution in [2.45, 2.75) is 94.4 Å². The van der Waals surface area contributed by atoms with Crippen LogP contribution in [0.25, 0.3) is 0 Å². The van der Waals surface area contributed by atoms with Gasteiger partial charge in [-0.1, -0.05) is 13.8 Å². The first-order valence-electron chi connectivity index (χ1n) is 15.7. The second-order valence-electron chi connectivity index (χ2n) is 14.5. The van der Waals surface area contributed by atoms with Crippen LogP contribution in [-0.4, -0.2) is 88.3 Å². The quantitative estimate of drug-likeness (QED) is 0.182. The lowest BCUT2D eigenvalue weighted by atomic mass is 9.45. The maximum Gasteiger partial charge on any atom is 0.392 e. The van der Waals surface area contributed by atoms with Crippen LogP contribution in [0.2, 0.25) is 0 Å². The topological polar surface area (TPSA) is 146 Å². The van der Waals surface area contributed by atoms with Crippen LogP contribution in [-0.2, 0) is 39.2 Å². The Kier molecular flexibility index (Phi) is 11.0. The van der Waals surface area contributed by atoms with Crippen LogP contribution in [0, 0.1) is 46.8 Å². The summed E-state index contributed by atoms with van der Waals surface area (Å²) < 4.78 is 139. The summed E-state index contributed by atoms with van der Waals surface area (Å²) in [5.74, 6) is 0.843. The first-order chi connectivity index (χ1) is 20.7. The normalized spacial score (nSPS) is 39.5. The second-order valence-corrected chi connectivity index (χ2v) is 17.6. The molecule has 2 N–H and O–H groups in total. The van der Waals surface area contributed by atoms with Gasteiger partial charge in [0.25, 0.3) is 0 Å².